The molecule has 2 aromatic rings. The minimum absolute atomic E-state index is 0.176. The Hall–Kier alpha value is -3.01. The second-order valence-electron chi connectivity index (χ2n) is 4.76. The van der Waals surface area contributed by atoms with Crippen LogP contribution in [-0.2, 0) is 9.53 Å². The lowest BCUT2D eigenvalue weighted by Gasteiger charge is -2.09. The summed E-state index contributed by atoms with van der Waals surface area (Å²) < 4.78 is 6.48. The predicted molar refractivity (Wildman–Crippen MR) is 84.0 cm³/mol. The lowest BCUT2D eigenvalue weighted by Crippen LogP contribution is -2.17. The van der Waals surface area contributed by atoms with Crippen LogP contribution < -0.4 is 0 Å². The van der Waals surface area contributed by atoms with E-state index >= 15 is 0 Å². The van der Waals surface area contributed by atoms with E-state index in [2.05, 4.69) is 15.1 Å². The molecule has 7 nitrogen and oxygen atoms in total. The van der Waals surface area contributed by atoms with Crippen LogP contribution in [0.25, 0.3) is 5.69 Å². The van der Waals surface area contributed by atoms with Crippen molar-refractivity contribution in [3.63, 3.8) is 0 Å². The molecule has 118 valence electrons. The molecule has 1 aromatic carbocycles. The number of rotatable bonds is 6. The number of esters is 1. The first-order chi connectivity index (χ1) is 11.2. The highest BCUT2D eigenvalue weighted by Gasteiger charge is 2.17. The minimum atomic E-state index is -0.980. The van der Waals surface area contributed by atoms with Gasteiger partial charge >= 0.3 is 5.97 Å². The van der Waals surface area contributed by atoms with Crippen molar-refractivity contribution in [3.05, 3.63) is 42.5 Å². The van der Waals surface area contributed by atoms with Gasteiger partial charge in [0.05, 0.1) is 24.4 Å². The van der Waals surface area contributed by atoms with Gasteiger partial charge in [0.15, 0.2) is 5.92 Å². The molecule has 0 unspecified atom stereocenters. The summed E-state index contributed by atoms with van der Waals surface area (Å²) in [5.41, 5.74) is 1.86. The molecule has 0 N–H and O–H groups in total. The quantitative estimate of drug-likeness (QED) is 0.601. The van der Waals surface area contributed by atoms with Crippen molar-refractivity contribution in [2.45, 2.75) is 19.9 Å². The second-order valence-corrected chi connectivity index (χ2v) is 4.76. The van der Waals surface area contributed by atoms with Crippen LogP contribution in [0.15, 0.2) is 41.9 Å². The predicted octanol–water partition coefficient (Wildman–Crippen LogP) is 2.10. The Kier molecular flexibility index (Phi) is 5.58. The molecule has 2 rings (SSSR count). The van der Waals surface area contributed by atoms with Gasteiger partial charge in [0, 0.05) is 6.21 Å². The van der Waals surface area contributed by atoms with Crippen LogP contribution in [0.5, 0.6) is 0 Å². The molecule has 0 bridgehead atoms. The Bertz CT molecular complexity index is 701. The van der Waals surface area contributed by atoms with Crippen molar-refractivity contribution < 1.29 is 9.53 Å². The number of ether oxygens (including phenoxy) is 1. The average Bonchev–Trinajstić information content (AvgIpc) is 3.10. The smallest absolute Gasteiger partial charge is 0.328 e. The number of carbonyl (C=O) groups is 1. The molecule has 0 aliphatic rings. The van der Waals surface area contributed by atoms with Crippen molar-refractivity contribution in [1.82, 2.24) is 14.8 Å². The van der Waals surface area contributed by atoms with Crippen molar-refractivity contribution in [1.29, 1.82) is 5.26 Å². The van der Waals surface area contributed by atoms with Crippen molar-refractivity contribution in [3.8, 4) is 11.8 Å². The van der Waals surface area contributed by atoms with Gasteiger partial charge in [0.1, 0.15) is 12.7 Å². The Labute approximate surface area is 134 Å². The highest BCUT2D eigenvalue weighted by molar-refractivity contribution is 5.92. The third-order valence-corrected chi connectivity index (χ3v) is 3.20. The van der Waals surface area contributed by atoms with Gasteiger partial charge in [0.25, 0.3) is 0 Å². The van der Waals surface area contributed by atoms with E-state index in [0.29, 0.717) is 0 Å². The van der Waals surface area contributed by atoms with E-state index in [4.69, 9.17) is 10.00 Å². The summed E-state index contributed by atoms with van der Waals surface area (Å²) in [6.45, 7) is 3.83. The topological polar surface area (TPSA) is 93.2 Å². The molecule has 1 aromatic heterocycles. The van der Waals surface area contributed by atoms with E-state index in [1.807, 2.05) is 37.3 Å². The van der Waals surface area contributed by atoms with E-state index in [9.17, 15) is 4.79 Å². The summed E-state index contributed by atoms with van der Waals surface area (Å²) in [6, 6.07) is 9.36. The van der Waals surface area contributed by atoms with Crippen LogP contribution in [0.2, 0.25) is 0 Å². The number of aliphatic imine (C=N–C) groups is 1. The first-order valence-corrected chi connectivity index (χ1v) is 7.20. The Morgan fingerprint density at radius 2 is 2.22 bits per heavy atom. The molecule has 0 fully saturated rings. The molecule has 0 spiro atoms. The van der Waals surface area contributed by atoms with Crippen LogP contribution in [0.1, 0.15) is 25.5 Å². The molecule has 0 amide bonds. The third kappa shape index (κ3) is 4.23. The molecule has 1 heterocycles. The van der Waals surface area contributed by atoms with E-state index < -0.39 is 11.9 Å². The molecule has 0 aliphatic heterocycles. The molecule has 0 radical (unpaired) electrons. The van der Waals surface area contributed by atoms with Crippen molar-refractivity contribution in [2.24, 2.45) is 10.9 Å². The third-order valence-electron chi connectivity index (χ3n) is 3.20. The van der Waals surface area contributed by atoms with E-state index in [0.717, 1.165) is 11.3 Å². The first-order valence-electron chi connectivity index (χ1n) is 7.20. The zero-order valence-electron chi connectivity index (χ0n) is 13.0. The number of hydrogen-bond donors (Lipinski definition) is 0. The maximum atomic E-state index is 11.5. The monoisotopic (exact) mass is 311 g/mol. The lowest BCUT2D eigenvalue weighted by atomic mass is 10.1. The highest BCUT2D eigenvalue weighted by Crippen LogP contribution is 2.18. The van der Waals surface area contributed by atoms with Crippen molar-refractivity contribution in [2.75, 3.05) is 6.61 Å². The Morgan fingerprint density at radius 3 is 2.78 bits per heavy atom. The van der Waals surface area contributed by atoms with Gasteiger partial charge in [0.2, 0.25) is 0 Å². The van der Waals surface area contributed by atoms with Crippen molar-refractivity contribution >= 4 is 12.2 Å². The van der Waals surface area contributed by atoms with Gasteiger partial charge in [-0.25, -0.2) is 9.67 Å². The number of aromatic nitrogens is 3. The Morgan fingerprint density at radius 1 is 1.48 bits per heavy atom. The highest BCUT2D eigenvalue weighted by atomic mass is 16.5. The summed E-state index contributed by atoms with van der Waals surface area (Å²) >= 11 is 0. The molecular formula is C16H17N5O2. The summed E-state index contributed by atoms with van der Waals surface area (Å²) in [5.74, 6) is -1.56. The lowest BCUT2D eigenvalue weighted by molar-refractivity contribution is -0.143. The van der Waals surface area contributed by atoms with Gasteiger partial charge in [-0.15, -0.1) is 0 Å². The fourth-order valence-electron chi connectivity index (χ4n) is 1.93. The molecule has 7 heteroatoms. The molecular weight excluding hydrogens is 294 g/mol. The fraction of sp³-hybridized carbons (Fsp3) is 0.312. The second kappa shape index (κ2) is 7.84. The normalized spacial score (nSPS) is 13.4. The molecule has 0 saturated heterocycles. The number of benzene rings is 1. The maximum Gasteiger partial charge on any atom is 0.328 e. The summed E-state index contributed by atoms with van der Waals surface area (Å²) in [4.78, 5) is 19.7. The van der Waals surface area contributed by atoms with E-state index in [1.54, 1.807) is 17.9 Å². The van der Waals surface area contributed by atoms with E-state index in [1.165, 1.54) is 12.5 Å². The van der Waals surface area contributed by atoms with Crippen LogP contribution in [0, 0.1) is 17.2 Å². The molecule has 2 atom stereocenters. The number of nitrogens with zero attached hydrogens (tertiary/aromatic N) is 5. The molecule has 23 heavy (non-hydrogen) atoms. The zero-order valence-corrected chi connectivity index (χ0v) is 13.0. The van der Waals surface area contributed by atoms with Gasteiger partial charge in [-0.05, 0) is 31.5 Å². The van der Waals surface area contributed by atoms with Gasteiger partial charge in [-0.3, -0.25) is 9.79 Å². The molecule has 0 aliphatic carbocycles. The fourth-order valence-corrected chi connectivity index (χ4v) is 1.93. The average molecular weight is 311 g/mol. The van der Waals surface area contributed by atoms with Gasteiger partial charge in [-0.2, -0.15) is 10.4 Å². The first kappa shape index (κ1) is 16.4. The minimum Gasteiger partial charge on any atom is -0.465 e. The number of hydrogen-bond acceptors (Lipinski definition) is 6. The van der Waals surface area contributed by atoms with Gasteiger partial charge < -0.3 is 4.74 Å². The number of carbonyl (C=O) groups excluding carboxylic acids is 1. The SMILES string of the molecule is CCOC(=O)[C@H](C#N)C=N[C@@H](C)c1ccc(-n2cncn2)cc1. The van der Waals surface area contributed by atoms with Crippen LogP contribution in [0.3, 0.4) is 0 Å². The standard InChI is InChI=1S/C16H17N5O2/c1-3-23-16(22)14(8-17)9-19-12(2)13-4-6-15(7-5-13)21-11-18-10-20-21/h4-7,9-12,14H,3H2,1-2H3/t12-,14+/m0/s1. The zero-order chi connectivity index (χ0) is 16.7. The summed E-state index contributed by atoms with van der Waals surface area (Å²) in [7, 11) is 0. The van der Waals surface area contributed by atoms with Crippen LogP contribution in [-0.4, -0.2) is 33.6 Å². The van der Waals surface area contributed by atoms with Crippen LogP contribution in [0.4, 0.5) is 0 Å². The molecule has 0 saturated carbocycles. The summed E-state index contributed by atoms with van der Waals surface area (Å²) in [6.07, 6.45) is 4.43. The van der Waals surface area contributed by atoms with Crippen LogP contribution >= 0.6 is 0 Å². The summed E-state index contributed by atoms with van der Waals surface area (Å²) in [5, 5.41) is 13.0. The van der Waals surface area contributed by atoms with Gasteiger partial charge in [-0.1, -0.05) is 12.1 Å². The number of nitriles is 1. The Balaban J connectivity index is 2.05. The van der Waals surface area contributed by atoms with E-state index in [-0.39, 0.29) is 12.6 Å². The largest absolute Gasteiger partial charge is 0.465 e. The maximum absolute atomic E-state index is 11.5.